The first-order chi connectivity index (χ1) is 9.31. The first-order valence-corrected chi connectivity index (χ1v) is 7.74. The summed E-state index contributed by atoms with van der Waals surface area (Å²) in [5, 5.41) is 12.5. The molecule has 3 rings (SSSR count). The van der Waals surface area contributed by atoms with Gasteiger partial charge in [-0.1, -0.05) is 19.3 Å². The maximum atomic E-state index is 11.9. The van der Waals surface area contributed by atoms with Gasteiger partial charge in [0.15, 0.2) is 0 Å². The molecule has 0 radical (unpaired) electrons. The zero-order valence-corrected chi connectivity index (χ0v) is 11.5. The van der Waals surface area contributed by atoms with E-state index in [9.17, 15) is 10.1 Å². The predicted molar refractivity (Wildman–Crippen MR) is 72.2 cm³/mol. The number of piperidine rings is 1. The van der Waals surface area contributed by atoms with Crippen molar-refractivity contribution in [2.75, 3.05) is 13.1 Å². The number of carbonyl (C=O) groups excluding carboxylic acids is 1. The topological polar surface area (TPSA) is 56.1 Å². The second-order valence-electron chi connectivity index (χ2n) is 6.24. The van der Waals surface area contributed by atoms with Crippen LogP contribution in [0.25, 0.3) is 0 Å². The van der Waals surface area contributed by atoms with Crippen molar-refractivity contribution in [3.05, 3.63) is 0 Å². The molecule has 3 fully saturated rings. The van der Waals surface area contributed by atoms with E-state index in [0.717, 1.165) is 38.8 Å². The van der Waals surface area contributed by atoms with Crippen LogP contribution < -0.4 is 5.32 Å². The lowest BCUT2D eigenvalue weighted by molar-refractivity contribution is -0.124. The fraction of sp³-hybridized carbons (Fsp3) is 0.867. The highest BCUT2D eigenvalue weighted by Gasteiger charge is 2.44. The number of fused-ring (bicyclic) bond motifs is 1. The predicted octanol–water partition coefficient (Wildman–Crippen LogP) is 1.67. The van der Waals surface area contributed by atoms with Crippen molar-refractivity contribution in [2.24, 2.45) is 11.8 Å². The Balaban J connectivity index is 1.79. The molecule has 19 heavy (non-hydrogen) atoms. The van der Waals surface area contributed by atoms with Crippen molar-refractivity contribution in [1.82, 2.24) is 10.2 Å². The Labute approximate surface area is 115 Å². The molecule has 4 nitrogen and oxygen atoms in total. The van der Waals surface area contributed by atoms with E-state index in [-0.39, 0.29) is 17.7 Å². The minimum absolute atomic E-state index is 0.164. The van der Waals surface area contributed by atoms with E-state index in [4.69, 9.17) is 0 Å². The van der Waals surface area contributed by atoms with Gasteiger partial charge < -0.3 is 5.32 Å². The second-order valence-corrected chi connectivity index (χ2v) is 6.24. The number of carbonyl (C=O) groups is 1. The highest BCUT2D eigenvalue weighted by atomic mass is 16.2. The third-order valence-electron chi connectivity index (χ3n) is 5.22. The van der Waals surface area contributed by atoms with E-state index in [1.54, 1.807) is 0 Å². The summed E-state index contributed by atoms with van der Waals surface area (Å²) in [6.45, 7) is 1.86. The molecular formula is C15H23N3O. The Morgan fingerprint density at radius 3 is 2.79 bits per heavy atom. The molecule has 2 heterocycles. The van der Waals surface area contributed by atoms with Gasteiger partial charge in [0.05, 0.1) is 17.9 Å². The summed E-state index contributed by atoms with van der Waals surface area (Å²) in [6.07, 6.45) is 7.98. The zero-order chi connectivity index (χ0) is 13.2. The first-order valence-electron chi connectivity index (χ1n) is 7.74. The number of amides is 1. The van der Waals surface area contributed by atoms with Crippen LogP contribution in [0.15, 0.2) is 0 Å². The van der Waals surface area contributed by atoms with Crippen LogP contribution in [0.3, 0.4) is 0 Å². The average molecular weight is 261 g/mol. The number of nitrogens with zero attached hydrogens (tertiary/aromatic N) is 2. The van der Waals surface area contributed by atoms with E-state index in [2.05, 4.69) is 16.3 Å². The Kier molecular flexibility index (Phi) is 3.74. The highest BCUT2D eigenvalue weighted by molar-refractivity contribution is 5.82. The average Bonchev–Trinajstić information content (AvgIpc) is 2.68. The molecule has 1 amide bonds. The zero-order valence-electron chi connectivity index (χ0n) is 11.5. The van der Waals surface area contributed by atoms with E-state index in [1.165, 1.54) is 19.3 Å². The Morgan fingerprint density at radius 1 is 1.11 bits per heavy atom. The van der Waals surface area contributed by atoms with E-state index >= 15 is 0 Å². The third kappa shape index (κ3) is 2.36. The molecule has 4 heteroatoms. The van der Waals surface area contributed by atoms with Gasteiger partial charge in [-0.25, -0.2) is 0 Å². The maximum Gasteiger partial charge on any atom is 0.224 e. The number of nitriles is 1. The van der Waals surface area contributed by atoms with Gasteiger partial charge in [0, 0.05) is 18.6 Å². The fourth-order valence-corrected chi connectivity index (χ4v) is 4.23. The summed E-state index contributed by atoms with van der Waals surface area (Å²) < 4.78 is 0. The number of hydrogen-bond acceptors (Lipinski definition) is 3. The van der Waals surface area contributed by atoms with Crippen molar-refractivity contribution in [3.63, 3.8) is 0 Å². The van der Waals surface area contributed by atoms with Crippen molar-refractivity contribution in [2.45, 2.75) is 57.0 Å². The summed E-state index contributed by atoms with van der Waals surface area (Å²) >= 11 is 0. The molecule has 0 aromatic heterocycles. The normalized spacial score (nSPS) is 40.1. The van der Waals surface area contributed by atoms with Gasteiger partial charge in [0.1, 0.15) is 0 Å². The molecule has 4 atom stereocenters. The molecule has 2 saturated heterocycles. The van der Waals surface area contributed by atoms with Crippen LogP contribution in [-0.2, 0) is 4.79 Å². The lowest BCUT2D eigenvalue weighted by Gasteiger charge is -2.42. The number of likely N-dealkylation sites (tertiary alicyclic amines) is 1. The van der Waals surface area contributed by atoms with Crippen molar-refractivity contribution in [3.8, 4) is 6.07 Å². The number of rotatable bonds is 1. The lowest BCUT2D eigenvalue weighted by atomic mass is 9.86. The molecule has 104 valence electrons. The molecule has 3 aliphatic rings. The van der Waals surface area contributed by atoms with Gasteiger partial charge in [-0.05, 0) is 32.2 Å². The standard InChI is InChI=1S/C15H23N3O/c16-9-11-5-2-1-3-7-13(11)18-8-4-6-12-14(18)10-17-15(12)19/h11-14H,1-8,10H2,(H,17,19). The Bertz CT molecular complexity index is 389. The molecule has 0 bridgehead atoms. The SMILES string of the molecule is N#CC1CCCCCC1N1CCCC2C(=O)NCC21. The summed E-state index contributed by atoms with van der Waals surface area (Å²) in [4.78, 5) is 14.4. The van der Waals surface area contributed by atoms with Crippen LogP contribution in [0.4, 0.5) is 0 Å². The Hall–Kier alpha value is -1.08. The van der Waals surface area contributed by atoms with Gasteiger partial charge >= 0.3 is 0 Å². The van der Waals surface area contributed by atoms with E-state index < -0.39 is 0 Å². The summed E-state index contributed by atoms with van der Waals surface area (Å²) in [6, 6.07) is 3.27. The minimum Gasteiger partial charge on any atom is -0.354 e. The smallest absolute Gasteiger partial charge is 0.224 e. The van der Waals surface area contributed by atoms with Gasteiger partial charge in [0.2, 0.25) is 5.91 Å². The van der Waals surface area contributed by atoms with Crippen LogP contribution >= 0.6 is 0 Å². The lowest BCUT2D eigenvalue weighted by Crippen LogP contribution is -2.52. The molecule has 0 aromatic rings. The quantitative estimate of drug-likeness (QED) is 0.730. The van der Waals surface area contributed by atoms with Gasteiger partial charge in [-0.3, -0.25) is 9.69 Å². The minimum atomic E-state index is 0.164. The van der Waals surface area contributed by atoms with Crippen molar-refractivity contribution >= 4 is 5.91 Å². The molecule has 0 spiro atoms. The largest absolute Gasteiger partial charge is 0.354 e. The fourth-order valence-electron chi connectivity index (χ4n) is 4.23. The summed E-state index contributed by atoms with van der Waals surface area (Å²) in [5.74, 6) is 0.574. The first kappa shape index (κ1) is 12.9. The van der Waals surface area contributed by atoms with E-state index in [1.807, 2.05) is 0 Å². The molecule has 1 aliphatic carbocycles. The Morgan fingerprint density at radius 2 is 1.95 bits per heavy atom. The van der Waals surface area contributed by atoms with Crippen LogP contribution in [-0.4, -0.2) is 36.0 Å². The van der Waals surface area contributed by atoms with Gasteiger partial charge in [-0.15, -0.1) is 0 Å². The molecule has 0 aromatic carbocycles. The van der Waals surface area contributed by atoms with Gasteiger partial charge in [0.25, 0.3) is 0 Å². The number of nitrogens with one attached hydrogen (secondary N) is 1. The molecular weight excluding hydrogens is 238 g/mol. The second kappa shape index (κ2) is 5.50. The molecule has 1 N–H and O–H groups in total. The monoisotopic (exact) mass is 261 g/mol. The van der Waals surface area contributed by atoms with Crippen molar-refractivity contribution in [1.29, 1.82) is 5.26 Å². The molecule has 2 aliphatic heterocycles. The van der Waals surface area contributed by atoms with E-state index in [0.29, 0.717) is 12.1 Å². The molecule has 4 unspecified atom stereocenters. The van der Waals surface area contributed by atoms with Gasteiger partial charge in [-0.2, -0.15) is 5.26 Å². The number of hydrogen-bond donors (Lipinski definition) is 1. The third-order valence-corrected chi connectivity index (χ3v) is 5.22. The molecule has 1 saturated carbocycles. The van der Waals surface area contributed by atoms with Crippen LogP contribution in [0.1, 0.15) is 44.9 Å². The maximum absolute atomic E-state index is 11.9. The summed E-state index contributed by atoms with van der Waals surface area (Å²) in [5.41, 5.74) is 0. The van der Waals surface area contributed by atoms with Crippen LogP contribution in [0.5, 0.6) is 0 Å². The summed E-state index contributed by atoms with van der Waals surface area (Å²) in [7, 11) is 0. The van der Waals surface area contributed by atoms with Crippen LogP contribution in [0, 0.1) is 23.2 Å². The van der Waals surface area contributed by atoms with Crippen LogP contribution in [0.2, 0.25) is 0 Å². The van der Waals surface area contributed by atoms with Crippen molar-refractivity contribution < 1.29 is 4.79 Å². The highest BCUT2D eigenvalue weighted by Crippen LogP contribution is 2.35.